The molecule has 1 aliphatic rings. The molecule has 0 radical (unpaired) electrons. The molecule has 1 fully saturated rings. The van der Waals surface area contributed by atoms with Gasteiger partial charge in [0, 0.05) is 19.5 Å². The van der Waals surface area contributed by atoms with Crippen molar-refractivity contribution in [2.24, 2.45) is 0 Å². The molecule has 2 aromatic carbocycles. The molecule has 0 bridgehead atoms. The summed E-state index contributed by atoms with van der Waals surface area (Å²) in [5.41, 5.74) is 4.49. The predicted octanol–water partition coefficient (Wildman–Crippen LogP) is 2.02. The van der Waals surface area contributed by atoms with Gasteiger partial charge in [-0.25, -0.2) is 0 Å². The number of aliphatic hydroxyl groups is 3. The summed E-state index contributed by atoms with van der Waals surface area (Å²) >= 11 is 1.30. The number of carbonyl (C=O) groups excluding carboxylic acids is 1. The summed E-state index contributed by atoms with van der Waals surface area (Å²) in [6.07, 6.45) is 3.70. The summed E-state index contributed by atoms with van der Waals surface area (Å²) in [5, 5.41) is 33.9. The fraction of sp³-hybridized carbons (Fsp3) is 0.500. The number of rotatable bonds is 13. The highest BCUT2D eigenvalue weighted by molar-refractivity contribution is 7.99. The van der Waals surface area contributed by atoms with Gasteiger partial charge in [-0.1, -0.05) is 48.4 Å². The van der Waals surface area contributed by atoms with Crippen molar-refractivity contribution in [2.75, 3.05) is 39.5 Å². The van der Waals surface area contributed by atoms with Crippen molar-refractivity contribution in [3.05, 3.63) is 70.3 Å². The quantitative estimate of drug-likeness (QED) is 0.219. The SMILES string of the molecule is C#CCN(C)CCNC(=O)CCOCc1ccc(Cc2cc([C@@H]3O[C@H](SC)[C@@H](O)[C@H](O)[C@H]3O)ccc2C)cc1. The Morgan fingerprint density at radius 1 is 1.13 bits per heavy atom. The van der Waals surface area contributed by atoms with Crippen LogP contribution in [-0.4, -0.2) is 89.4 Å². The highest BCUT2D eigenvalue weighted by Crippen LogP contribution is 2.36. The fourth-order valence-corrected chi connectivity index (χ4v) is 5.09. The number of hydrogen-bond donors (Lipinski definition) is 4. The van der Waals surface area contributed by atoms with Crippen LogP contribution in [0.2, 0.25) is 0 Å². The molecule has 0 spiro atoms. The summed E-state index contributed by atoms with van der Waals surface area (Å²) in [7, 11) is 1.91. The number of carbonyl (C=O) groups is 1. The van der Waals surface area contributed by atoms with Gasteiger partial charge in [-0.15, -0.1) is 18.2 Å². The van der Waals surface area contributed by atoms with E-state index in [4.69, 9.17) is 15.9 Å². The Balaban J connectivity index is 1.49. The first-order valence-electron chi connectivity index (χ1n) is 13.1. The van der Waals surface area contributed by atoms with E-state index in [-0.39, 0.29) is 5.91 Å². The van der Waals surface area contributed by atoms with E-state index in [0.717, 1.165) is 27.8 Å². The van der Waals surface area contributed by atoms with Crippen LogP contribution in [0.5, 0.6) is 0 Å². The third kappa shape index (κ3) is 9.05. The van der Waals surface area contributed by atoms with Crippen molar-refractivity contribution in [2.45, 2.75) is 56.2 Å². The average molecular weight is 557 g/mol. The molecular weight excluding hydrogens is 516 g/mol. The number of thioether (sulfide) groups is 1. The molecule has 8 nitrogen and oxygen atoms in total. The highest BCUT2D eigenvalue weighted by Gasteiger charge is 2.44. The maximum Gasteiger partial charge on any atom is 0.222 e. The standard InChI is InChI=1S/C30H40N2O6S/c1-5-14-32(3)15-13-31-25(33)12-16-37-19-22-9-7-21(8-10-22)17-24-18-23(11-6-20(24)2)29-27(35)26(34)28(36)30(38-29)39-4/h1,6-11,18,26-30,34-36H,12-17,19H2,2-4H3,(H,31,33)/t26-,27-,28+,29+,30-/m1/s1. The fourth-order valence-electron chi connectivity index (χ4n) is 4.41. The first kappa shape index (κ1) is 31.1. The topological polar surface area (TPSA) is 111 Å². The van der Waals surface area contributed by atoms with E-state index >= 15 is 0 Å². The van der Waals surface area contributed by atoms with Gasteiger partial charge in [0.05, 0.1) is 19.8 Å². The zero-order chi connectivity index (χ0) is 28.4. The molecule has 4 N–H and O–H groups in total. The van der Waals surface area contributed by atoms with Crippen molar-refractivity contribution in [3.63, 3.8) is 0 Å². The van der Waals surface area contributed by atoms with Crippen molar-refractivity contribution < 1.29 is 29.6 Å². The van der Waals surface area contributed by atoms with Gasteiger partial charge >= 0.3 is 0 Å². The lowest BCUT2D eigenvalue weighted by Gasteiger charge is -2.40. The van der Waals surface area contributed by atoms with Gasteiger partial charge in [0.1, 0.15) is 29.9 Å². The molecule has 0 aliphatic carbocycles. The van der Waals surface area contributed by atoms with Crippen molar-refractivity contribution in [1.29, 1.82) is 0 Å². The summed E-state index contributed by atoms with van der Waals surface area (Å²) in [5.74, 6) is 2.52. The number of nitrogens with one attached hydrogen (secondary N) is 1. The number of ether oxygens (including phenoxy) is 2. The molecule has 9 heteroatoms. The first-order valence-corrected chi connectivity index (χ1v) is 14.4. The first-order chi connectivity index (χ1) is 18.7. The van der Waals surface area contributed by atoms with E-state index in [2.05, 4.69) is 23.4 Å². The highest BCUT2D eigenvalue weighted by atomic mass is 32.2. The third-order valence-electron chi connectivity index (χ3n) is 6.84. The minimum atomic E-state index is -1.28. The number of amides is 1. The lowest BCUT2D eigenvalue weighted by Crippen LogP contribution is -2.52. The van der Waals surface area contributed by atoms with Gasteiger partial charge in [0.25, 0.3) is 0 Å². The average Bonchev–Trinajstić information content (AvgIpc) is 2.92. The summed E-state index contributed by atoms with van der Waals surface area (Å²) in [6, 6.07) is 14.0. The summed E-state index contributed by atoms with van der Waals surface area (Å²) in [6.45, 7) is 4.62. The number of nitrogens with zero attached hydrogens (tertiary/aromatic N) is 1. The Morgan fingerprint density at radius 2 is 1.85 bits per heavy atom. The minimum absolute atomic E-state index is 0.0436. The zero-order valence-electron chi connectivity index (χ0n) is 22.9. The molecule has 5 atom stereocenters. The second-order valence-electron chi connectivity index (χ2n) is 9.91. The predicted molar refractivity (Wildman–Crippen MR) is 153 cm³/mol. The van der Waals surface area contributed by atoms with E-state index in [0.29, 0.717) is 45.7 Å². The Bertz CT molecular complexity index is 1100. The lowest BCUT2D eigenvalue weighted by atomic mass is 9.91. The van der Waals surface area contributed by atoms with Crippen LogP contribution in [0.1, 0.15) is 40.3 Å². The molecule has 212 valence electrons. The molecule has 1 aliphatic heterocycles. The van der Waals surface area contributed by atoms with Gasteiger partial charge in [0.15, 0.2) is 0 Å². The number of likely N-dealkylation sites (N-methyl/N-ethyl adjacent to an activating group) is 1. The molecule has 0 aromatic heterocycles. The second kappa shape index (κ2) is 15.4. The lowest BCUT2D eigenvalue weighted by molar-refractivity contribution is -0.200. The van der Waals surface area contributed by atoms with Crippen molar-refractivity contribution in [3.8, 4) is 12.3 Å². The minimum Gasteiger partial charge on any atom is -0.387 e. The zero-order valence-corrected chi connectivity index (χ0v) is 23.7. The smallest absolute Gasteiger partial charge is 0.222 e. The number of hydrogen-bond acceptors (Lipinski definition) is 8. The Kier molecular flexibility index (Phi) is 12.3. The number of terminal acetylenes is 1. The summed E-state index contributed by atoms with van der Waals surface area (Å²) in [4.78, 5) is 13.9. The summed E-state index contributed by atoms with van der Waals surface area (Å²) < 4.78 is 11.6. The third-order valence-corrected chi connectivity index (χ3v) is 7.69. The maximum atomic E-state index is 11.9. The maximum absolute atomic E-state index is 11.9. The number of aliphatic hydroxyl groups excluding tert-OH is 3. The van der Waals surface area contributed by atoms with Gasteiger partial charge in [-0.05, 0) is 54.5 Å². The van der Waals surface area contributed by atoms with Crippen LogP contribution in [0, 0.1) is 19.3 Å². The van der Waals surface area contributed by atoms with E-state index in [9.17, 15) is 20.1 Å². The molecular formula is C30H40N2O6S. The van der Waals surface area contributed by atoms with Crippen molar-refractivity contribution >= 4 is 17.7 Å². The molecule has 0 saturated carbocycles. The van der Waals surface area contributed by atoms with Crippen LogP contribution in [0.4, 0.5) is 0 Å². The Hall–Kier alpha value is -2.42. The van der Waals surface area contributed by atoms with Crippen LogP contribution in [-0.2, 0) is 27.3 Å². The molecule has 3 rings (SSSR count). The van der Waals surface area contributed by atoms with Crippen LogP contribution in [0.25, 0.3) is 0 Å². The molecule has 0 unspecified atom stereocenters. The van der Waals surface area contributed by atoms with Gasteiger partial charge in [0.2, 0.25) is 5.91 Å². The van der Waals surface area contributed by atoms with E-state index in [1.54, 1.807) is 6.26 Å². The molecule has 1 saturated heterocycles. The Morgan fingerprint density at radius 3 is 2.54 bits per heavy atom. The van der Waals surface area contributed by atoms with Crippen LogP contribution in [0.3, 0.4) is 0 Å². The van der Waals surface area contributed by atoms with Gasteiger partial charge < -0.3 is 30.1 Å². The second-order valence-corrected chi connectivity index (χ2v) is 10.8. The number of benzene rings is 2. The molecule has 1 heterocycles. The molecule has 39 heavy (non-hydrogen) atoms. The molecule has 1 amide bonds. The van der Waals surface area contributed by atoms with Crippen LogP contribution >= 0.6 is 11.8 Å². The normalized spacial score (nSPS) is 23.0. The van der Waals surface area contributed by atoms with Crippen molar-refractivity contribution in [1.82, 2.24) is 10.2 Å². The Labute approximate surface area is 235 Å². The van der Waals surface area contributed by atoms with E-state index < -0.39 is 29.9 Å². The molecule has 2 aromatic rings. The van der Waals surface area contributed by atoms with E-state index in [1.807, 2.05) is 49.2 Å². The van der Waals surface area contributed by atoms with Gasteiger partial charge in [-0.3, -0.25) is 9.69 Å². The van der Waals surface area contributed by atoms with Crippen LogP contribution in [0.15, 0.2) is 42.5 Å². The van der Waals surface area contributed by atoms with E-state index in [1.165, 1.54) is 11.8 Å². The van der Waals surface area contributed by atoms with Crippen LogP contribution < -0.4 is 5.32 Å². The monoisotopic (exact) mass is 556 g/mol. The largest absolute Gasteiger partial charge is 0.387 e. The number of aryl methyl sites for hydroxylation is 1. The van der Waals surface area contributed by atoms with Gasteiger partial charge in [-0.2, -0.15) is 0 Å².